The van der Waals surface area contributed by atoms with E-state index in [1.54, 1.807) is 0 Å². The molecular weight excluding hydrogens is 358 g/mol. The maximum Gasteiger partial charge on any atom is 0.255 e. The number of halogens is 1. The molecule has 0 unspecified atom stereocenters. The molecular formula is C22H30ClN3O. The number of nitrogens with zero attached hydrogens (tertiary/aromatic N) is 2. The highest BCUT2D eigenvalue weighted by Gasteiger charge is 2.15. The molecule has 27 heavy (non-hydrogen) atoms. The maximum absolute atomic E-state index is 12.5. The smallest absolute Gasteiger partial charge is 0.255 e. The van der Waals surface area contributed by atoms with Gasteiger partial charge in [0, 0.05) is 43.1 Å². The summed E-state index contributed by atoms with van der Waals surface area (Å²) in [5.74, 6) is -0.0715. The summed E-state index contributed by atoms with van der Waals surface area (Å²) >= 11 is 0. The SMILES string of the molecule is CN1CCN(c2ccc(NC(=O)c3ccc(C(C)(C)C)cc3)cc2)CC1.Cl. The Morgan fingerprint density at radius 3 is 1.96 bits per heavy atom. The molecule has 0 spiro atoms. The van der Waals surface area contributed by atoms with Crippen LogP contribution in [0.15, 0.2) is 48.5 Å². The van der Waals surface area contributed by atoms with E-state index in [-0.39, 0.29) is 23.7 Å². The van der Waals surface area contributed by atoms with E-state index in [1.807, 2.05) is 36.4 Å². The van der Waals surface area contributed by atoms with Crippen LogP contribution in [0.2, 0.25) is 0 Å². The summed E-state index contributed by atoms with van der Waals surface area (Å²) in [7, 11) is 2.16. The monoisotopic (exact) mass is 387 g/mol. The summed E-state index contributed by atoms with van der Waals surface area (Å²) in [5.41, 5.74) is 4.04. The van der Waals surface area contributed by atoms with Gasteiger partial charge in [-0.1, -0.05) is 32.9 Å². The summed E-state index contributed by atoms with van der Waals surface area (Å²) in [5, 5.41) is 2.99. The van der Waals surface area contributed by atoms with Crippen LogP contribution in [-0.2, 0) is 5.41 Å². The molecule has 1 N–H and O–H groups in total. The fourth-order valence-electron chi connectivity index (χ4n) is 3.15. The standard InChI is InChI=1S/C22H29N3O.ClH/c1-22(2,3)18-7-5-17(6-8-18)21(26)23-19-9-11-20(12-10-19)25-15-13-24(4)14-16-25;/h5-12H,13-16H2,1-4H3,(H,23,26);1H. The third-order valence-electron chi connectivity index (χ3n) is 5.01. The van der Waals surface area contributed by atoms with Crippen molar-refractivity contribution in [1.82, 2.24) is 4.90 Å². The third-order valence-corrected chi connectivity index (χ3v) is 5.01. The Morgan fingerprint density at radius 1 is 0.889 bits per heavy atom. The zero-order valence-corrected chi connectivity index (χ0v) is 17.5. The fourth-order valence-corrected chi connectivity index (χ4v) is 3.15. The minimum absolute atomic E-state index is 0. The molecule has 0 atom stereocenters. The van der Waals surface area contributed by atoms with Gasteiger partial charge < -0.3 is 15.1 Å². The Bertz CT molecular complexity index is 743. The first kappa shape index (κ1) is 21.3. The van der Waals surface area contributed by atoms with Gasteiger partial charge in [0.15, 0.2) is 0 Å². The minimum Gasteiger partial charge on any atom is -0.369 e. The predicted octanol–water partition coefficient (Wildman–Crippen LogP) is 4.41. The number of nitrogens with one attached hydrogen (secondary N) is 1. The summed E-state index contributed by atoms with van der Waals surface area (Å²) < 4.78 is 0. The molecule has 1 amide bonds. The van der Waals surface area contributed by atoms with Gasteiger partial charge in [-0.05, 0) is 54.4 Å². The van der Waals surface area contributed by atoms with Crippen molar-refractivity contribution in [2.75, 3.05) is 43.4 Å². The number of carbonyl (C=O) groups is 1. The average molecular weight is 388 g/mol. The van der Waals surface area contributed by atoms with E-state index in [0.717, 1.165) is 31.9 Å². The van der Waals surface area contributed by atoms with Crippen LogP contribution < -0.4 is 10.2 Å². The van der Waals surface area contributed by atoms with Gasteiger partial charge in [0.25, 0.3) is 5.91 Å². The maximum atomic E-state index is 12.5. The lowest BCUT2D eigenvalue weighted by molar-refractivity contribution is 0.102. The average Bonchev–Trinajstić information content (AvgIpc) is 2.62. The van der Waals surface area contributed by atoms with Crippen LogP contribution in [0.5, 0.6) is 0 Å². The molecule has 0 aromatic heterocycles. The number of hydrogen-bond acceptors (Lipinski definition) is 3. The number of anilines is 2. The molecule has 0 saturated carbocycles. The van der Waals surface area contributed by atoms with Crippen molar-refractivity contribution in [1.29, 1.82) is 0 Å². The van der Waals surface area contributed by atoms with E-state index in [2.05, 4.69) is 55.1 Å². The molecule has 1 saturated heterocycles. The van der Waals surface area contributed by atoms with Crippen LogP contribution in [-0.4, -0.2) is 44.0 Å². The Labute approximate surface area is 169 Å². The Hall–Kier alpha value is -2.04. The van der Waals surface area contributed by atoms with Crippen LogP contribution in [0.25, 0.3) is 0 Å². The molecule has 146 valence electrons. The highest BCUT2D eigenvalue weighted by molar-refractivity contribution is 6.04. The largest absolute Gasteiger partial charge is 0.369 e. The molecule has 2 aromatic carbocycles. The van der Waals surface area contributed by atoms with Crippen LogP contribution in [0.3, 0.4) is 0 Å². The van der Waals surface area contributed by atoms with E-state index in [9.17, 15) is 4.79 Å². The van der Waals surface area contributed by atoms with Gasteiger partial charge in [-0.25, -0.2) is 0 Å². The van der Waals surface area contributed by atoms with Crippen molar-refractivity contribution in [3.05, 3.63) is 59.7 Å². The van der Waals surface area contributed by atoms with E-state index in [1.165, 1.54) is 11.3 Å². The molecule has 1 aliphatic rings. The van der Waals surface area contributed by atoms with Crippen LogP contribution in [0.4, 0.5) is 11.4 Å². The molecule has 2 aromatic rings. The second-order valence-electron chi connectivity index (χ2n) is 8.12. The van der Waals surface area contributed by atoms with Gasteiger partial charge >= 0.3 is 0 Å². The Balaban J connectivity index is 0.00000261. The number of hydrogen-bond donors (Lipinski definition) is 1. The lowest BCUT2D eigenvalue weighted by Gasteiger charge is -2.34. The van der Waals surface area contributed by atoms with Gasteiger partial charge in [0.2, 0.25) is 0 Å². The molecule has 1 aliphatic heterocycles. The molecule has 0 aliphatic carbocycles. The molecule has 5 heteroatoms. The number of piperazine rings is 1. The highest BCUT2D eigenvalue weighted by Crippen LogP contribution is 2.23. The predicted molar refractivity (Wildman–Crippen MR) is 116 cm³/mol. The second-order valence-corrected chi connectivity index (χ2v) is 8.12. The molecule has 4 nitrogen and oxygen atoms in total. The first-order valence-electron chi connectivity index (χ1n) is 9.28. The quantitative estimate of drug-likeness (QED) is 0.847. The lowest BCUT2D eigenvalue weighted by Crippen LogP contribution is -2.44. The minimum atomic E-state index is -0.0715. The Kier molecular flexibility index (Phi) is 6.90. The van der Waals surface area contributed by atoms with Crippen molar-refractivity contribution in [3.63, 3.8) is 0 Å². The zero-order valence-electron chi connectivity index (χ0n) is 16.7. The molecule has 1 heterocycles. The van der Waals surface area contributed by atoms with Gasteiger partial charge in [-0.3, -0.25) is 4.79 Å². The van der Waals surface area contributed by atoms with Gasteiger partial charge in [0.05, 0.1) is 0 Å². The normalized spacial score (nSPS) is 15.2. The topological polar surface area (TPSA) is 35.6 Å². The van der Waals surface area contributed by atoms with Gasteiger partial charge in [-0.15, -0.1) is 12.4 Å². The number of amides is 1. The first-order chi connectivity index (χ1) is 12.3. The molecule has 0 radical (unpaired) electrons. The Morgan fingerprint density at radius 2 is 1.44 bits per heavy atom. The summed E-state index contributed by atoms with van der Waals surface area (Å²) in [4.78, 5) is 17.2. The van der Waals surface area contributed by atoms with Crippen LogP contribution in [0.1, 0.15) is 36.7 Å². The highest BCUT2D eigenvalue weighted by atomic mass is 35.5. The van der Waals surface area contributed by atoms with Crippen molar-refractivity contribution in [2.45, 2.75) is 26.2 Å². The number of likely N-dealkylation sites (N-methyl/N-ethyl adjacent to an activating group) is 1. The van der Waals surface area contributed by atoms with E-state index >= 15 is 0 Å². The van der Waals surface area contributed by atoms with E-state index < -0.39 is 0 Å². The second kappa shape index (κ2) is 8.77. The lowest BCUT2D eigenvalue weighted by atomic mass is 9.87. The molecule has 3 rings (SSSR count). The van der Waals surface area contributed by atoms with Crippen molar-refractivity contribution in [3.8, 4) is 0 Å². The molecule has 0 bridgehead atoms. The molecule has 1 fully saturated rings. The van der Waals surface area contributed by atoms with Crippen molar-refractivity contribution >= 4 is 29.7 Å². The van der Waals surface area contributed by atoms with Crippen molar-refractivity contribution < 1.29 is 4.79 Å². The summed E-state index contributed by atoms with van der Waals surface area (Å²) in [6.45, 7) is 10.8. The zero-order chi connectivity index (χ0) is 18.7. The van der Waals surface area contributed by atoms with Gasteiger partial charge in [0.1, 0.15) is 0 Å². The fraction of sp³-hybridized carbons (Fsp3) is 0.409. The van der Waals surface area contributed by atoms with Crippen molar-refractivity contribution in [2.24, 2.45) is 0 Å². The van der Waals surface area contributed by atoms with Crippen LogP contribution >= 0.6 is 12.4 Å². The number of benzene rings is 2. The third kappa shape index (κ3) is 5.47. The van der Waals surface area contributed by atoms with E-state index in [0.29, 0.717) is 5.56 Å². The summed E-state index contributed by atoms with van der Waals surface area (Å²) in [6, 6.07) is 16.0. The number of rotatable bonds is 3. The van der Waals surface area contributed by atoms with Crippen LogP contribution in [0, 0.1) is 0 Å². The van der Waals surface area contributed by atoms with E-state index in [4.69, 9.17) is 0 Å². The van der Waals surface area contributed by atoms with Gasteiger partial charge in [-0.2, -0.15) is 0 Å². The first-order valence-corrected chi connectivity index (χ1v) is 9.28. The summed E-state index contributed by atoms with van der Waals surface area (Å²) in [6.07, 6.45) is 0. The number of carbonyl (C=O) groups excluding carboxylic acids is 1.